The zero-order chi connectivity index (χ0) is 20.2. The molecular formula is C26H30O3. The van der Waals surface area contributed by atoms with Crippen LogP contribution in [-0.2, 0) is 11.2 Å². The van der Waals surface area contributed by atoms with Crippen LogP contribution in [0.5, 0.6) is 11.5 Å². The molecule has 0 N–H and O–H groups in total. The predicted octanol–water partition coefficient (Wildman–Crippen LogP) is 5.85. The Morgan fingerprint density at radius 1 is 0.897 bits per heavy atom. The first-order valence-electron chi connectivity index (χ1n) is 10.4. The summed E-state index contributed by atoms with van der Waals surface area (Å²) in [7, 11) is 5.28. The molecule has 3 nitrogen and oxygen atoms in total. The Morgan fingerprint density at radius 3 is 2.41 bits per heavy atom. The van der Waals surface area contributed by atoms with E-state index in [1.54, 1.807) is 19.8 Å². The van der Waals surface area contributed by atoms with E-state index in [0.717, 1.165) is 43.6 Å². The lowest BCUT2D eigenvalue weighted by Gasteiger charge is -2.25. The van der Waals surface area contributed by atoms with Crippen molar-refractivity contribution in [2.24, 2.45) is 5.92 Å². The molecule has 0 radical (unpaired) electrons. The second-order valence-electron chi connectivity index (χ2n) is 7.93. The van der Waals surface area contributed by atoms with Gasteiger partial charge in [0.15, 0.2) is 0 Å². The van der Waals surface area contributed by atoms with E-state index in [1.807, 2.05) is 13.2 Å². The van der Waals surface area contributed by atoms with Crippen molar-refractivity contribution >= 4 is 5.57 Å². The molecule has 0 aliphatic heterocycles. The van der Waals surface area contributed by atoms with Crippen molar-refractivity contribution in [2.45, 2.75) is 38.2 Å². The number of allylic oxidation sites excluding steroid dienone is 3. The van der Waals surface area contributed by atoms with Crippen molar-refractivity contribution in [1.82, 2.24) is 0 Å². The fraction of sp³-hybridized carbons (Fsp3) is 0.385. The van der Waals surface area contributed by atoms with Gasteiger partial charge in [0.05, 0.1) is 20.3 Å². The van der Waals surface area contributed by atoms with Crippen LogP contribution >= 0.6 is 0 Å². The van der Waals surface area contributed by atoms with Gasteiger partial charge in [-0.2, -0.15) is 0 Å². The van der Waals surface area contributed by atoms with Gasteiger partial charge in [0, 0.05) is 7.11 Å². The molecule has 0 bridgehead atoms. The van der Waals surface area contributed by atoms with Crippen molar-refractivity contribution in [1.29, 1.82) is 0 Å². The Morgan fingerprint density at radius 2 is 1.69 bits per heavy atom. The topological polar surface area (TPSA) is 27.7 Å². The highest BCUT2D eigenvalue weighted by molar-refractivity contribution is 5.81. The third kappa shape index (κ3) is 4.25. The molecule has 2 aromatic carbocycles. The van der Waals surface area contributed by atoms with Crippen LogP contribution in [0.1, 0.15) is 36.8 Å². The van der Waals surface area contributed by atoms with Gasteiger partial charge in [-0.05, 0) is 84.6 Å². The summed E-state index contributed by atoms with van der Waals surface area (Å²) < 4.78 is 16.5. The van der Waals surface area contributed by atoms with E-state index < -0.39 is 0 Å². The molecular weight excluding hydrogens is 360 g/mol. The molecule has 0 saturated heterocycles. The standard InChI is InChI=1S/C26H30O3/c1-27-21-11-8-19(9-12-21)24-14-10-20-16-23(29-3)17-26(20)25(24)13-7-18-5-4-6-22(15-18)28-2/h4-6,8-9,11-12,14-15,20,23H,7,10,13,16-17H2,1-3H3. The number of benzene rings is 2. The Kier molecular flexibility index (Phi) is 6.05. The fourth-order valence-electron chi connectivity index (χ4n) is 4.75. The maximum absolute atomic E-state index is 5.73. The molecule has 0 heterocycles. The highest BCUT2D eigenvalue weighted by Crippen LogP contribution is 2.46. The third-order valence-corrected chi connectivity index (χ3v) is 6.34. The normalized spacial score (nSPS) is 21.0. The van der Waals surface area contributed by atoms with Crippen LogP contribution in [0.4, 0.5) is 0 Å². The fourth-order valence-corrected chi connectivity index (χ4v) is 4.75. The van der Waals surface area contributed by atoms with Crippen LogP contribution in [0.15, 0.2) is 65.8 Å². The summed E-state index contributed by atoms with van der Waals surface area (Å²) in [6.45, 7) is 0. The van der Waals surface area contributed by atoms with Crippen molar-refractivity contribution in [3.8, 4) is 11.5 Å². The molecule has 1 fully saturated rings. The van der Waals surface area contributed by atoms with E-state index >= 15 is 0 Å². The largest absolute Gasteiger partial charge is 0.497 e. The van der Waals surface area contributed by atoms with Crippen LogP contribution in [0.25, 0.3) is 5.57 Å². The molecule has 2 aliphatic rings. The number of hydrogen-bond donors (Lipinski definition) is 0. The van der Waals surface area contributed by atoms with Gasteiger partial charge in [-0.25, -0.2) is 0 Å². The SMILES string of the molecule is COc1ccc(C2=CCC3CC(OC)CC3=C2CCc2cccc(OC)c2)cc1. The van der Waals surface area contributed by atoms with Crippen LogP contribution in [0.3, 0.4) is 0 Å². The second kappa shape index (κ2) is 8.87. The van der Waals surface area contributed by atoms with Gasteiger partial charge in [-0.1, -0.05) is 35.9 Å². The average Bonchev–Trinajstić information content (AvgIpc) is 3.21. The minimum atomic E-state index is 0.352. The zero-order valence-electron chi connectivity index (χ0n) is 17.6. The number of aryl methyl sites for hydroxylation is 1. The third-order valence-electron chi connectivity index (χ3n) is 6.34. The Balaban J connectivity index is 1.64. The number of methoxy groups -OCH3 is 3. The number of ether oxygens (including phenoxy) is 3. The van der Waals surface area contributed by atoms with Crippen LogP contribution in [0, 0.1) is 5.92 Å². The van der Waals surface area contributed by atoms with Crippen molar-refractivity contribution < 1.29 is 14.2 Å². The average molecular weight is 391 g/mol. The molecule has 152 valence electrons. The lowest BCUT2D eigenvalue weighted by Crippen LogP contribution is -2.08. The first kappa shape index (κ1) is 19.8. The number of rotatable bonds is 7. The predicted molar refractivity (Wildman–Crippen MR) is 117 cm³/mol. The summed E-state index contributed by atoms with van der Waals surface area (Å²) in [5.74, 6) is 2.45. The smallest absolute Gasteiger partial charge is 0.119 e. The zero-order valence-corrected chi connectivity index (χ0v) is 17.6. The lowest BCUT2D eigenvalue weighted by molar-refractivity contribution is 0.106. The van der Waals surface area contributed by atoms with E-state index in [0.29, 0.717) is 12.0 Å². The number of hydrogen-bond acceptors (Lipinski definition) is 3. The molecule has 2 aromatic rings. The monoisotopic (exact) mass is 390 g/mol. The molecule has 0 aromatic heterocycles. The molecule has 2 unspecified atom stereocenters. The summed E-state index contributed by atoms with van der Waals surface area (Å²) in [4.78, 5) is 0. The summed E-state index contributed by atoms with van der Waals surface area (Å²) in [5.41, 5.74) is 7.09. The highest BCUT2D eigenvalue weighted by atomic mass is 16.5. The van der Waals surface area contributed by atoms with E-state index in [-0.39, 0.29) is 0 Å². The number of fused-ring (bicyclic) bond motifs is 1. The van der Waals surface area contributed by atoms with E-state index in [1.165, 1.54) is 22.3 Å². The summed E-state index contributed by atoms with van der Waals surface area (Å²) in [5, 5.41) is 0. The minimum Gasteiger partial charge on any atom is -0.497 e. The van der Waals surface area contributed by atoms with Crippen LogP contribution in [0.2, 0.25) is 0 Å². The maximum Gasteiger partial charge on any atom is 0.119 e. The van der Waals surface area contributed by atoms with Gasteiger partial charge >= 0.3 is 0 Å². The first-order chi connectivity index (χ1) is 14.2. The van der Waals surface area contributed by atoms with Gasteiger partial charge in [-0.15, -0.1) is 0 Å². The quantitative estimate of drug-likeness (QED) is 0.594. The van der Waals surface area contributed by atoms with Crippen molar-refractivity contribution in [3.63, 3.8) is 0 Å². The van der Waals surface area contributed by atoms with Gasteiger partial charge < -0.3 is 14.2 Å². The van der Waals surface area contributed by atoms with Crippen LogP contribution in [-0.4, -0.2) is 27.4 Å². The molecule has 0 amide bonds. The summed E-state index contributed by atoms with van der Waals surface area (Å²) in [6, 6.07) is 16.9. The molecule has 4 rings (SSSR count). The van der Waals surface area contributed by atoms with Gasteiger partial charge in [-0.3, -0.25) is 0 Å². The molecule has 0 spiro atoms. The summed E-state index contributed by atoms with van der Waals surface area (Å²) in [6.07, 6.45) is 8.14. The van der Waals surface area contributed by atoms with Gasteiger partial charge in [0.2, 0.25) is 0 Å². The second-order valence-corrected chi connectivity index (χ2v) is 7.93. The van der Waals surface area contributed by atoms with Crippen molar-refractivity contribution in [2.75, 3.05) is 21.3 Å². The Hall–Kier alpha value is -2.52. The van der Waals surface area contributed by atoms with Gasteiger partial charge in [0.1, 0.15) is 11.5 Å². The molecule has 2 aliphatic carbocycles. The minimum absolute atomic E-state index is 0.352. The van der Waals surface area contributed by atoms with Crippen molar-refractivity contribution in [3.05, 3.63) is 76.9 Å². The first-order valence-corrected chi connectivity index (χ1v) is 10.4. The maximum atomic E-state index is 5.73. The molecule has 1 saturated carbocycles. The van der Waals surface area contributed by atoms with E-state index in [4.69, 9.17) is 14.2 Å². The van der Waals surface area contributed by atoms with Crippen LogP contribution < -0.4 is 9.47 Å². The Labute approximate surface area is 174 Å². The molecule has 3 heteroatoms. The molecule has 2 atom stereocenters. The Bertz CT molecular complexity index is 908. The molecule has 29 heavy (non-hydrogen) atoms. The van der Waals surface area contributed by atoms with E-state index in [2.05, 4.69) is 48.5 Å². The lowest BCUT2D eigenvalue weighted by atomic mass is 9.80. The van der Waals surface area contributed by atoms with Gasteiger partial charge in [0.25, 0.3) is 0 Å². The summed E-state index contributed by atoms with van der Waals surface area (Å²) >= 11 is 0. The van der Waals surface area contributed by atoms with E-state index in [9.17, 15) is 0 Å². The highest BCUT2D eigenvalue weighted by Gasteiger charge is 2.34.